The Bertz CT molecular complexity index is 2910. The Morgan fingerprint density at radius 3 is 1.85 bits per heavy atom. The second kappa shape index (κ2) is 12.5. The Labute approximate surface area is 319 Å². The third-order valence-electron chi connectivity index (χ3n) is 11.2. The number of aromatic nitrogens is 3. The zero-order valence-corrected chi connectivity index (χ0v) is 30.4. The van der Waals surface area contributed by atoms with Crippen molar-refractivity contribution < 1.29 is 0 Å². The van der Waals surface area contributed by atoms with Gasteiger partial charge in [-0.2, -0.15) is 0 Å². The molecule has 0 aliphatic heterocycles. The van der Waals surface area contributed by atoms with E-state index in [9.17, 15) is 0 Å². The van der Waals surface area contributed by atoms with Gasteiger partial charge in [0.1, 0.15) is 0 Å². The Morgan fingerprint density at radius 2 is 1.09 bits per heavy atom. The zero-order chi connectivity index (χ0) is 37.3. The maximum absolute atomic E-state index is 8.91. The molecule has 2 aliphatic rings. The predicted octanol–water partition coefficient (Wildman–Crippen LogP) is 12.1. The molecule has 0 fully saturated rings. The summed E-state index contributed by atoms with van der Waals surface area (Å²) in [6, 6.07) is 52.6. The average molecular weight is 706 g/mol. The lowest BCUT2D eigenvalue weighted by Gasteiger charge is -2.22. The van der Waals surface area contributed by atoms with Crippen molar-refractivity contribution in [1.82, 2.24) is 15.0 Å². The molecule has 0 amide bonds. The Balaban J connectivity index is 1.07. The average Bonchev–Trinajstić information content (AvgIpc) is 3.47. The Kier molecular flexibility index (Phi) is 7.39. The van der Waals surface area contributed by atoms with Gasteiger partial charge >= 0.3 is 0 Å². The first-order chi connectivity index (χ1) is 26.8. The standard InChI is InChI=1S/C50H35N5/c1-50(2)40-16-10-9-15-36(40)37-23-21-34(27-41(37)50)30-17-19-31(20-18-30)43-29-44(55-49(54-43)33-13-7-4-8-14-33)35-22-24-38-45(28-35)53-48(32-11-5-3-6-12-32)39-25-26-42(51)47(52)46(38)39/h3-29,51-52H,1-2H3. The number of nitrogens with zero attached hydrogens (tertiary/aromatic N) is 3. The van der Waals surface area contributed by atoms with Crippen LogP contribution in [-0.4, -0.2) is 26.4 Å². The van der Waals surface area contributed by atoms with Crippen molar-refractivity contribution in [2.24, 2.45) is 0 Å². The third kappa shape index (κ3) is 5.35. The number of pyridine rings is 1. The summed E-state index contributed by atoms with van der Waals surface area (Å²) >= 11 is 0. The van der Waals surface area contributed by atoms with Gasteiger partial charge in [-0.15, -0.1) is 0 Å². The summed E-state index contributed by atoms with van der Waals surface area (Å²) in [5.74, 6) is 0.640. The van der Waals surface area contributed by atoms with Gasteiger partial charge in [0.15, 0.2) is 5.82 Å². The molecule has 8 aromatic rings. The van der Waals surface area contributed by atoms with Gasteiger partial charge in [0.2, 0.25) is 0 Å². The van der Waals surface area contributed by atoms with Crippen molar-refractivity contribution in [3.8, 4) is 67.4 Å². The number of fused-ring (bicyclic) bond motifs is 6. The molecule has 6 aromatic carbocycles. The largest absolute Gasteiger partial charge is 0.299 e. The van der Waals surface area contributed by atoms with Crippen molar-refractivity contribution in [2.45, 2.75) is 19.3 Å². The monoisotopic (exact) mass is 705 g/mol. The van der Waals surface area contributed by atoms with Gasteiger partial charge in [0.25, 0.3) is 0 Å². The lowest BCUT2D eigenvalue weighted by atomic mass is 9.81. The fourth-order valence-electron chi connectivity index (χ4n) is 8.25. The van der Waals surface area contributed by atoms with Crippen molar-refractivity contribution in [2.75, 3.05) is 0 Å². The molecule has 0 saturated heterocycles. The van der Waals surface area contributed by atoms with Gasteiger partial charge < -0.3 is 0 Å². The Morgan fingerprint density at radius 1 is 0.473 bits per heavy atom. The van der Waals surface area contributed by atoms with Crippen LogP contribution in [0.1, 0.15) is 36.1 Å². The molecule has 5 nitrogen and oxygen atoms in total. The van der Waals surface area contributed by atoms with Gasteiger partial charge in [-0.1, -0.05) is 147 Å². The maximum atomic E-state index is 8.91. The van der Waals surface area contributed by atoms with Crippen LogP contribution in [0.2, 0.25) is 0 Å². The molecule has 5 heteroatoms. The van der Waals surface area contributed by atoms with Crippen LogP contribution in [0, 0.1) is 10.8 Å². The highest BCUT2D eigenvalue weighted by molar-refractivity contribution is 6.54. The van der Waals surface area contributed by atoms with Gasteiger partial charge in [-0.25, -0.2) is 15.0 Å². The molecule has 55 heavy (non-hydrogen) atoms. The highest BCUT2D eigenvalue weighted by Crippen LogP contribution is 2.49. The van der Waals surface area contributed by atoms with E-state index >= 15 is 0 Å². The minimum absolute atomic E-state index is 0.0599. The van der Waals surface area contributed by atoms with E-state index in [0.717, 1.165) is 66.9 Å². The Hall–Kier alpha value is -7.11. The molecule has 0 bridgehead atoms. The summed E-state index contributed by atoms with van der Waals surface area (Å²) < 4.78 is 0. The molecular weight excluding hydrogens is 671 g/mol. The van der Waals surface area contributed by atoms with Gasteiger partial charge in [-0.3, -0.25) is 10.8 Å². The summed E-state index contributed by atoms with van der Waals surface area (Å²) in [4.78, 5) is 15.4. The molecule has 10 rings (SSSR count). The van der Waals surface area contributed by atoms with Gasteiger partial charge in [-0.05, 0) is 63.7 Å². The number of nitrogens with one attached hydrogen (secondary N) is 2. The molecule has 0 radical (unpaired) electrons. The van der Waals surface area contributed by atoms with Crippen LogP contribution < -0.4 is 0 Å². The SMILES string of the molecule is CC1(C)c2ccccc2-c2ccc(-c3ccc(-c4cc(-c5ccc6c7c(c(-c8ccccc8)nc6c5)C=CC(=N)C7=N)nc(-c5ccccc5)n4)cc3)cc21. The normalized spacial score (nSPS) is 13.8. The van der Waals surface area contributed by atoms with E-state index in [0.29, 0.717) is 5.82 Å². The van der Waals surface area contributed by atoms with E-state index in [-0.39, 0.29) is 16.8 Å². The van der Waals surface area contributed by atoms with Crippen LogP contribution in [0.3, 0.4) is 0 Å². The number of rotatable bonds is 5. The second-order valence-electron chi connectivity index (χ2n) is 14.8. The van der Waals surface area contributed by atoms with Crippen molar-refractivity contribution in [3.05, 3.63) is 180 Å². The van der Waals surface area contributed by atoms with E-state index in [1.54, 1.807) is 6.08 Å². The van der Waals surface area contributed by atoms with Crippen LogP contribution in [0.15, 0.2) is 158 Å². The summed E-state index contributed by atoms with van der Waals surface area (Å²) in [7, 11) is 0. The minimum atomic E-state index is -0.0599. The summed E-state index contributed by atoms with van der Waals surface area (Å²) in [6.07, 6.45) is 3.60. The summed E-state index contributed by atoms with van der Waals surface area (Å²) in [6.45, 7) is 4.63. The lowest BCUT2D eigenvalue weighted by Crippen LogP contribution is -2.17. The first kappa shape index (κ1) is 32.5. The fraction of sp³-hybridized carbons (Fsp3) is 0.0600. The van der Waals surface area contributed by atoms with Crippen LogP contribution in [-0.2, 0) is 5.41 Å². The summed E-state index contributed by atoms with van der Waals surface area (Å²) in [5.41, 5.74) is 16.6. The van der Waals surface area contributed by atoms with Crippen LogP contribution in [0.5, 0.6) is 0 Å². The molecule has 2 N–H and O–H groups in total. The van der Waals surface area contributed by atoms with E-state index < -0.39 is 0 Å². The minimum Gasteiger partial charge on any atom is -0.299 e. The van der Waals surface area contributed by atoms with E-state index in [1.165, 1.54) is 27.8 Å². The van der Waals surface area contributed by atoms with Gasteiger partial charge in [0, 0.05) is 44.2 Å². The van der Waals surface area contributed by atoms with Crippen LogP contribution in [0.4, 0.5) is 0 Å². The van der Waals surface area contributed by atoms with Crippen molar-refractivity contribution in [1.29, 1.82) is 10.8 Å². The highest BCUT2D eigenvalue weighted by Gasteiger charge is 2.35. The zero-order valence-electron chi connectivity index (χ0n) is 30.4. The highest BCUT2D eigenvalue weighted by atomic mass is 14.9. The maximum Gasteiger partial charge on any atom is 0.160 e. The quantitative estimate of drug-likeness (QED) is 0.187. The van der Waals surface area contributed by atoms with Crippen LogP contribution >= 0.6 is 0 Å². The number of allylic oxidation sites excluding steroid dienone is 1. The first-order valence-corrected chi connectivity index (χ1v) is 18.5. The number of benzene rings is 6. The molecule has 0 saturated carbocycles. The van der Waals surface area contributed by atoms with E-state index in [1.807, 2.05) is 78.9 Å². The first-order valence-electron chi connectivity index (χ1n) is 18.5. The van der Waals surface area contributed by atoms with Crippen molar-refractivity contribution >= 4 is 28.4 Å². The molecule has 0 spiro atoms. The van der Waals surface area contributed by atoms with Crippen molar-refractivity contribution in [3.63, 3.8) is 0 Å². The van der Waals surface area contributed by atoms with E-state index in [2.05, 4.69) is 92.7 Å². The molecule has 2 aliphatic carbocycles. The topological polar surface area (TPSA) is 86.4 Å². The molecule has 0 atom stereocenters. The molecular formula is C50H35N5. The van der Waals surface area contributed by atoms with E-state index in [4.69, 9.17) is 25.8 Å². The number of hydrogen-bond donors (Lipinski definition) is 2. The second-order valence-corrected chi connectivity index (χ2v) is 14.8. The third-order valence-corrected chi connectivity index (χ3v) is 11.2. The smallest absolute Gasteiger partial charge is 0.160 e. The fourth-order valence-corrected chi connectivity index (χ4v) is 8.25. The lowest BCUT2D eigenvalue weighted by molar-refractivity contribution is 0.660. The molecule has 2 heterocycles. The van der Waals surface area contributed by atoms with Crippen LogP contribution in [0.25, 0.3) is 84.4 Å². The predicted molar refractivity (Wildman–Crippen MR) is 226 cm³/mol. The summed E-state index contributed by atoms with van der Waals surface area (Å²) in [5, 5.41) is 18.2. The molecule has 0 unspecified atom stereocenters. The molecule has 260 valence electrons. The molecule has 2 aromatic heterocycles. The number of hydrogen-bond acceptors (Lipinski definition) is 5. The van der Waals surface area contributed by atoms with Gasteiger partial charge in [0.05, 0.1) is 34.0 Å².